The fraction of sp³-hybridized carbons (Fsp3) is 0.900. The van der Waals surface area contributed by atoms with E-state index in [0.717, 1.165) is 0 Å². The molecule has 0 aliphatic heterocycles. The lowest BCUT2D eigenvalue weighted by Crippen LogP contribution is -2.47. The van der Waals surface area contributed by atoms with Gasteiger partial charge in [-0.3, -0.25) is 4.79 Å². The second-order valence-corrected chi connectivity index (χ2v) is 5.08. The predicted octanol–water partition coefficient (Wildman–Crippen LogP) is 0.391. The van der Waals surface area contributed by atoms with E-state index in [4.69, 9.17) is 10.8 Å². The molecule has 0 aromatic carbocycles. The molecule has 0 radical (unpaired) electrons. The first-order valence-corrected chi connectivity index (χ1v) is 4.87. The Bertz CT molecular complexity index is 195. The zero-order valence-corrected chi connectivity index (χ0v) is 9.55. The van der Waals surface area contributed by atoms with Crippen LogP contribution in [0.1, 0.15) is 40.5 Å². The first-order valence-electron chi connectivity index (χ1n) is 4.87. The summed E-state index contributed by atoms with van der Waals surface area (Å²) in [5.74, 6) is -0.0671. The summed E-state index contributed by atoms with van der Waals surface area (Å²) >= 11 is 0. The fourth-order valence-electron chi connectivity index (χ4n) is 0.915. The van der Waals surface area contributed by atoms with E-state index in [1.807, 2.05) is 13.8 Å². The monoisotopic (exact) mass is 202 g/mol. The van der Waals surface area contributed by atoms with Crippen LogP contribution in [0.15, 0.2) is 0 Å². The second-order valence-electron chi connectivity index (χ2n) is 5.08. The van der Waals surface area contributed by atoms with E-state index < -0.39 is 5.54 Å². The standard InChI is InChI=1S/C10H22N2O2/c1-9(2,11)6-5-8(14)12-10(3,4)7-13/h13H,5-7,11H2,1-4H3,(H,12,14). The zero-order chi connectivity index (χ0) is 11.4. The molecule has 4 nitrogen and oxygen atoms in total. The van der Waals surface area contributed by atoms with Crippen LogP contribution < -0.4 is 11.1 Å². The molecule has 4 N–H and O–H groups in total. The number of hydrogen-bond donors (Lipinski definition) is 3. The highest BCUT2D eigenvalue weighted by molar-refractivity contribution is 5.76. The van der Waals surface area contributed by atoms with Gasteiger partial charge in [-0.15, -0.1) is 0 Å². The van der Waals surface area contributed by atoms with Crippen molar-refractivity contribution in [2.75, 3.05) is 6.61 Å². The van der Waals surface area contributed by atoms with Crippen molar-refractivity contribution in [3.05, 3.63) is 0 Å². The fourth-order valence-corrected chi connectivity index (χ4v) is 0.915. The number of nitrogens with one attached hydrogen (secondary N) is 1. The molecular weight excluding hydrogens is 180 g/mol. The van der Waals surface area contributed by atoms with Gasteiger partial charge in [0.05, 0.1) is 12.1 Å². The molecule has 0 bridgehead atoms. The van der Waals surface area contributed by atoms with E-state index in [1.165, 1.54) is 0 Å². The number of amides is 1. The van der Waals surface area contributed by atoms with Gasteiger partial charge in [0.2, 0.25) is 5.91 Å². The van der Waals surface area contributed by atoms with E-state index >= 15 is 0 Å². The lowest BCUT2D eigenvalue weighted by molar-refractivity contribution is -0.123. The summed E-state index contributed by atoms with van der Waals surface area (Å²) in [5.41, 5.74) is 4.89. The van der Waals surface area contributed by atoms with Gasteiger partial charge in [0.15, 0.2) is 0 Å². The molecule has 0 aliphatic rings. The van der Waals surface area contributed by atoms with Gasteiger partial charge in [-0.05, 0) is 34.1 Å². The van der Waals surface area contributed by atoms with Crippen molar-refractivity contribution in [2.24, 2.45) is 5.73 Å². The minimum absolute atomic E-state index is 0.0647. The Morgan fingerprint density at radius 2 is 1.86 bits per heavy atom. The maximum Gasteiger partial charge on any atom is 0.220 e. The van der Waals surface area contributed by atoms with Crippen LogP contribution in [-0.4, -0.2) is 28.7 Å². The smallest absolute Gasteiger partial charge is 0.220 e. The molecule has 0 aliphatic carbocycles. The average Bonchev–Trinajstić information content (AvgIpc) is 1.99. The number of nitrogens with two attached hydrogens (primary N) is 1. The van der Waals surface area contributed by atoms with Crippen molar-refractivity contribution in [1.82, 2.24) is 5.32 Å². The summed E-state index contributed by atoms with van der Waals surface area (Å²) in [6.45, 7) is 7.26. The zero-order valence-electron chi connectivity index (χ0n) is 9.55. The van der Waals surface area contributed by atoms with Crippen molar-refractivity contribution in [3.63, 3.8) is 0 Å². The van der Waals surface area contributed by atoms with E-state index in [1.54, 1.807) is 13.8 Å². The highest BCUT2D eigenvalue weighted by Crippen LogP contribution is 2.08. The lowest BCUT2D eigenvalue weighted by atomic mass is 9.99. The number of carbonyl (C=O) groups is 1. The highest BCUT2D eigenvalue weighted by atomic mass is 16.3. The summed E-state index contributed by atoms with van der Waals surface area (Å²) in [6, 6.07) is 0. The van der Waals surface area contributed by atoms with Gasteiger partial charge >= 0.3 is 0 Å². The van der Waals surface area contributed by atoms with Crippen LogP contribution >= 0.6 is 0 Å². The third-order valence-electron chi connectivity index (χ3n) is 1.87. The van der Waals surface area contributed by atoms with Gasteiger partial charge in [-0.25, -0.2) is 0 Å². The summed E-state index contributed by atoms with van der Waals surface area (Å²) in [7, 11) is 0. The molecule has 0 saturated heterocycles. The van der Waals surface area contributed by atoms with Gasteiger partial charge in [-0.1, -0.05) is 0 Å². The van der Waals surface area contributed by atoms with Crippen LogP contribution in [0.3, 0.4) is 0 Å². The maximum atomic E-state index is 11.4. The number of aliphatic hydroxyl groups excluding tert-OH is 1. The molecule has 0 spiro atoms. The van der Waals surface area contributed by atoms with Crippen molar-refractivity contribution >= 4 is 5.91 Å². The third kappa shape index (κ3) is 6.86. The molecule has 0 saturated carbocycles. The summed E-state index contributed by atoms with van der Waals surface area (Å²) in [4.78, 5) is 11.4. The van der Waals surface area contributed by atoms with Gasteiger partial charge in [0.1, 0.15) is 0 Å². The van der Waals surface area contributed by atoms with E-state index in [0.29, 0.717) is 12.8 Å². The van der Waals surface area contributed by atoms with Crippen LogP contribution in [0, 0.1) is 0 Å². The molecule has 4 heteroatoms. The Hall–Kier alpha value is -0.610. The third-order valence-corrected chi connectivity index (χ3v) is 1.87. The number of aliphatic hydroxyl groups is 1. The molecule has 0 aromatic rings. The highest BCUT2D eigenvalue weighted by Gasteiger charge is 2.20. The topological polar surface area (TPSA) is 75.4 Å². The minimum atomic E-state index is -0.546. The van der Waals surface area contributed by atoms with Crippen LogP contribution in [0.4, 0.5) is 0 Å². The quantitative estimate of drug-likeness (QED) is 0.603. The van der Waals surface area contributed by atoms with Crippen LogP contribution in [0.2, 0.25) is 0 Å². The minimum Gasteiger partial charge on any atom is -0.394 e. The Morgan fingerprint density at radius 3 is 2.21 bits per heavy atom. The van der Waals surface area contributed by atoms with Crippen molar-refractivity contribution in [2.45, 2.75) is 51.6 Å². The Kier molecular flexibility index (Phi) is 4.55. The van der Waals surface area contributed by atoms with Crippen LogP contribution in [0.5, 0.6) is 0 Å². The SMILES string of the molecule is CC(C)(N)CCC(=O)NC(C)(C)CO. The van der Waals surface area contributed by atoms with Gasteiger partial charge < -0.3 is 16.2 Å². The second kappa shape index (κ2) is 4.75. The molecule has 0 aromatic heterocycles. The summed E-state index contributed by atoms with van der Waals surface area (Å²) in [5, 5.41) is 11.7. The first kappa shape index (κ1) is 13.4. The number of hydrogen-bond acceptors (Lipinski definition) is 3. The Balaban J connectivity index is 3.89. The molecule has 0 unspecified atom stereocenters. The normalized spacial score (nSPS) is 12.7. The molecule has 1 amide bonds. The molecule has 0 atom stereocenters. The van der Waals surface area contributed by atoms with Crippen LogP contribution in [0.25, 0.3) is 0 Å². The molecule has 0 rings (SSSR count). The Labute approximate surface area is 85.9 Å². The van der Waals surface area contributed by atoms with Gasteiger partial charge in [-0.2, -0.15) is 0 Å². The van der Waals surface area contributed by atoms with Crippen molar-refractivity contribution in [3.8, 4) is 0 Å². The molecule has 0 fully saturated rings. The maximum absolute atomic E-state index is 11.4. The average molecular weight is 202 g/mol. The van der Waals surface area contributed by atoms with Crippen LogP contribution in [-0.2, 0) is 4.79 Å². The van der Waals surface area contributed by atoms with E-state index in [-0.39, 0.29) is 18.1 Å². The van der Waals surface area contributed by atoms with Crippen molar-refractivity contribution in [1.29, 1.82) is 0 Å². The number of rotatable bonds is 5. The predicted molar refractivity (Wildman–Crippen MR) is 56.8 cm³/mol. The summed E-state index contributed by atoms with van der Waals surface area (Å²) in [6.07, 6.45) is 1.03. The van der Waals surface area contributed by atoms with E-state index in [9.17, 15) is 4.79 Å². The van der Waals surface area contributed by atoms with E-state index in [2.05, 4.69) is 5.32 Å². The molecular formula is C10H22N2O2. The largest absolute Gasteiger partial charge is 0.394 e. The van der Waals surface area contributed by atoms with Gasteiger partial charge in [0, 0.05) is 12.0 Å². The number of carbonyl (C=O) groups excluding carboxylic acids is 1. The Morgan fingerprint density at radius 1 is 1.36 bits per heavy atom. The first-order chi connectivity index (χ1) is 6.16. The van der Waals surface area contributed by atoms with Gasteiger partial charge in [0.25, 0.3) is 0 Å². The molecule has 0 heterocycles. The summed E-state index contributed by atoms with van der Waals surface area (Å²) < 4.78 is 0. The molecule has 84 valence electrons. The molecule has 14 heavy (non-hydrogen) atoms. The van der Waals surface area contributed by atoms with Crippen molar-refractivity contribution < 1.29 is 9.90 Å². The lowest BCUT2D eigenvalue weighted by Gasteiger charge is -2.25.